The molecule has 0 saturated carbocycles. The van der Waals surface area contributed by atoms with Crippen LogP contribution in [0.5, 0.6) is 0 Å². The fourth-order valence-corrected chi connectivity index (χ4v) is 4.16. The van der Waals surface area contributed by atoms with Crippen molar-refractivity contribution in [2.24, 2.45) is 0 Å². The number of aryl methyl sites for hydroxylation is 1. The van der Waals surface area contributed by atoms with E-state index < -0.39 is 5.25 Å². The third kappa shape index (κ3) is 5.54. The van der Waals surface area contributed by atoms with Gasteiger partial charge in [-0.05, 0) is 43.7 Å². The molecule has 0 radical (unpaired) electrons. The lowest BCUT2D eigenvalue weighted by atomic mass is 10.2. The first-order valence-electron chi connectivity index (χ1n) is 8.50. The number of benzene rings is 2. The maximum atomic E-state index is 12.2. The molecular formula is C19H19N5O2S2. The van der Waals surface area contributed by atoms with Crippen molar-refractivity contribution in [1.82, 2.24) is 21.0 Å². The van der Waals surface area contributed by atoms with E-state index in [9.17, 15) is 9.59 Å². The van der Waals surface area contributed by atoms with Crippen molar-refractivity contribution in [2.75, 3.05) is 5.32 Å². The molecule has 1 atom stereocenters. The highest BCUT2D eigenvalue weighted by Crippen LogP contribution is 2.30. The number of nitrogens with zero attached hydrogens (tertiary/aromatic N) is 2. The molecule has 7 nitrogen and oxygen atoms in total. The smallest absolute Gasteiger partial charge is 0.269 e. The van der Waals surface area contributed by atoms with Crippen LogP contribution in [0, 0.1) is 6.92 Å². The third-order valence-electron chi connectivity index (χ3n) is 3.66. The van der Waals surface area contributed by atoms with Crippen LogP contribution in [0.25, 0.3) is 0 Å². The summed E-state index contributed by atoms with van der Waals surface area (Å²) in [6.45, 7) is 3.76. The Balaban J connectivity index is 1.50. The molecule has 0 saturated heterocycles. The van der Waals surface area contributed by atoms with Gasteiger partial charge in [-0.1, -0.05) is 53.4 Å². The molecule has 3 N–H and O–H groups in total. The van der Waals surface area contributed by atoms with Gasteiger partial charge in [-0.15, -0.1) is 10.2 Å². The number of hydrogen-bond donors (Lipinski definition) is 3. The van der Waals surface area contributed by atoms with Crippen LogP contribution in [-0.2, 0) is 4.79 Å². The summed E-state index contributed by atoms with van der Waals surface area (Å²) < 4.78 is 0.659. The molecule has 0 aliphatic rings. The Kier molecular flexibility index (Phi) is 6.62. The second-order valence-corrected chi connectivity index (χ2v) is 8.50. The van der Waals surface area contributed by atoms with E-state index in [1.165, 1.54) is 23.1 Å². The van der Waals surface area contributed by atoms with E-state index in [0.29, 0.717) is 15.0 Å². The van der Waals surface area contributed by atoms with Crippen LogP contribution in [0.4, 0.5) is 10.8 Å². The summed E-state index contributed by atoms with van der Waals surface area (Å²) in [5, 5.41) is 11.6. The van der Waals surface area contributed by atoms with E-state index in [1.807, 2.05) is 37.3 Å². The Hall–Kier alpha value is -2.91. The van der Waals surface area contributed by atoms with E-state index in [0.717, 1.165) is 11.3 Å². The van der Waals surface area contributed by atoms with Crippen molar-refractivity contribution < 1.29 is 9.59 Å². The second kappa shape index (κ2) is 9.34. The molecule has 3 aromatic rings. The van der Waals surface area contributed by atoms with Crippen LogP contribution in [0.3, 0.4) is 0 Å². The molecule has 0 spiro atoms. The van der Waals surface area contributed by atoms with Gasteiger partial charge in [0.25, 0.3) is 11.8 Å². The first kappa shape index (κ1) is 19.8. The Labute approximate surface area is 170 Å². The molecule has 0 aliphatic carbocycles. The molecular weight excluding hydrogens is 394 g/mol. The second-order valence-electron chi connectivity index (χ2n) is 5.94. The minimum atomic E-state index is -0.448. The molecule has 1 heterocycles. The van der Waals surface area contributed by atoms with E-state index >= 15 is 0 Å². The zero-order valence-corrected chi connectivity index (χ0v) is 16.9. The molecule has 2 amide bonds. The molecule has 9 heteroatoms. The van der Waals surface area contributed by atoms with Crippen LogP contribution in [0.2, 0.25) is 0 Å². The number of anilines is 2. The van der Waals surface area contributed by atoms with Gasteiger partial charge < -0.3 is 5.32 Å². The molecule has 0 aliphatic heterocycles. The average molecular weight is 414 g/mol. The largest absolute Gasteiger partial charge is 0.330 e. The van der Waals surface area contributed by atoms with Crippen LogP contribution in [-0.4, -0.2) is 27.3 Å². The number of rotatable bonds is 6. The normalized spacial score (nSPS) is 11.5. The third-order valence-corrected chi connectivity index (χ3v) is 5.68. The first-order chi connectivity index (χ1) is 13.5. The van der Waals surface area contributed by atoms with Crippen molar-refractivity contribution in [1.29, 1.82) is 0 Å². The minimum Gasteiger partial charge on any atom is -0.330 e. The van der Waals surface area contributed by atoms with Gasteiger partial charge in [0.15, 0.2) is 4.34 Å². The lowest BCUT2D eigenvalue weighted by Gasteiger charge is -2.11. The molecule has 0 fully saturated rings. The van der Waals surface area contributed by atoms with Gasteiger partial charge in [-0.25, -0.2) is 0 Å². The SMILES string of the molecule is Cc1cccc(Nc2nnc(S[C@@H](C)C(=O)NNC(=O)c3ccccc3)s2)c1. The highest BCUT2D eigenvalue weighted by Gasteiger charge is 2.18. The predicted molar refractivity (Wildman–Crippen MR) is 112 cm³/mol. The van der Waals surface area contributed by atoms with Crippen LogP contribution in [0.15, 0.2) is 58.9 Å². The van der Waals surface area contributed by atoms with E-state index in [4.69, 9.17) is 0 Å². The fraction of sp³-hybridized carbons (Fsp3) is 0.158. The Morgan fingerprint density at radius 1 is 1.04 bits per heavy atom. The van der Waals surface area contributed by atoms with Crippen molar-refractivity contribution in [3.8, 4) is 0 Å². The first-order valence-corrected chi connectivity index (χ1v) is 10.2. The summed E-state index contributed by atoms with van der Waals surface area (Å²) in [6.07, 6.45) is 0. The van der Waals surface area contributed by atoms with Crippen LogP contribution >= 0.6 is 23.1 Å². The molecule has 3 rings (SSSR count). The number of hydrazine groups is 1. The van der Waals surface area contributed by atoms with Gasteiger partial charge in [0.2, 0.25) is 5.13 Å². The Bertz CT molecular complexity index is 962. The van der Waals surface area contributed by atoms with Gasteiger partial charge in [0, 0.05) is 11.3 Å². The standard InChI is InChI=1S/C19H19N5O2S2/c1-12-7-6-10-15(11-12)20-18-23-24-19(28-18)27-13(2)16(25)21-22-17(26)14-8-4-3-5-9-14/h3-11,13H,1-2H3,(H,20,23)(H,21,25)(H,22,26)/t13-/m0/s1. The van der Waals surface area contributed by atoms with Crippen molar-refractivity contribution in [2.45, 2.75) is 23.4 Å². The average Bonchev–Trinajstić information content (AvgIpc) is 3.13. The van der Waals surface area contributed by atoms with E-state index in [1.54, 1.807) is 31.2 Å². The highest BCUT2D eigenvalue weighted by molar-refractivity contribution is 8.02. The lowest BCUT2D eigenvalue weighted by molar-refractivity contribution is -0.121. The lowest BCUT2D eigenvalue weighted by Crippen LogP contribution is -2.44. The zero-order chi connectivity index (χ0) is 19.9. The summed E-state index contributed by atoms with van der Waals surface area (Å²) in [5.74, 6) is -0.690. The summed E-state index contributed by atoms with van der Waals surface area (Å²) >= 11 is 2.64. The summed E-state index contributed by atoms with van der Waals surface area (Å²) in [4.78, 5) is 24.2. The van der Waals surface area contributed by atoms with Crippen molar-refractivity contribution >= 4 is 45.7 Å². The number of amides is 2. The Morgan fingerprint density at radius 2 is 1.82 bits per heavy atom. The molecule has 2 aromatic carbocycles. The number of carbonyl (C=O) groups is 2. The van der Waals surface area contributed by atoms with Crippen LogP contribution in [0.1, 0.15) is 22.8 Å². The zero-order valence-electron chi connectivity index (χ0n) is 15.3. The maximum Gasteiger partial charge on any atom is 0.269 e. The van der Waals surface area contributed by atoms with Gasteiger partial charge in [-0.2, -0.15) is 0 Å². The van der Waals surface area contributed by atoms with Crippen molar-refractivity contribution in [3.63, 3.8) is 0 Å². The number of hydrogen-bond acceptors (Lipinski definition) is 7. The predicted octanol–water partition coefficient (Wildman–Crippen LogP) is 3.53. The van der Waals surface area contributed by atoms with E-state index in [2.05, 4.69) is 26.4 Å². The number of carbonyl (C=O) groups excluding carboxylic acids is 2. The van der Waals surface area contributed by atoms with E-state index in [-0.39, 0.29) is 11.8 Å². The van der Waals surface area contributed by atoms with Crippen LogP contribution < -0.4 is 16.2 Å². The topological polar surface area (TPSA) is 96.0 Å². The molecule has 1 aromatic heterocycles. The maximum absolute atomic E-state index is 12.2. The fourth-order valence-electron chi connectivity index (χ4n) is 2.24. The quantitative estimate of drug-likeness (QED) is 0.423. The monoisotopic (exact) mass is 413 g/mol. The summed E-state index contributed by atoms with van der Waals surface area (Å²) in [7, 11) is 0. The van der Waals surface area contributed by atoms with Gasteiger partial charge in [0.1, 0.15) is 0 Å². The minimum absolute atomic E-state index is 0.322. The van der Waals surface area contributed by atoms with Gasteiger partial charge in [0.05, 0.1) is 5.25 Å². The number of aromatic nitrogens is 2. The Morgan fingerprint density at radius 3 is 2.57 bits per heavy atom. The van der Waals surface area contributed by atoms with Gasteiger partial charge in [-0.3, -0.25) is 20.4 Å². The summed E-state index contributed by atoms with van der Waals surface area (Å²) in [6, 6.07) is 16.6. The van der Waals surface area contributed by atoms with Crippen molar-refractivity contribution in [3.05, 3.63) is 65.7 Å². The number of nitrogens with one attached hydrogen (secondary N) is 3. The molecule has 0 bridgehead atoms. The molecule has 144 valence electrons. The van der Waals surface area contributed by atoms with Gasteiger partial charge >= 0.3 is 0 Å². The summed E-state index contributed by atoms with van der Waals surface area (Å²) in [5.41, 5.74) is 7.40. The molecule has 0 unspecified atom stereocenters. The highest BCUT2D eigenvalue weighted by atomic mass is 32.2. The number of thioether (sulfide) groups is 1. The molecule has 28 heavy (non-hydrogen) atoms.